The second-order valence-electron chi connectivity index (χ2n) is 9.89. The predicted octanol–water partition coefficient (Wildman–Crippen LogP) is 5.16. The number of nitrogens with one attached hydrogen (secondary N) is 1. The minimum atomic E-state index is -3.67. The third-order valence-corrected chi connectivity index (χ3v) is 8.98. The van der Waals surface area contributed by atoms with Crippen LogP contribution in [0.4, 0.5) is 5.69 Å². The minimum Gasteiger partial charge on any atom is -0.354 e. The lowest BCUT2D eigenvalue weighted by Gasteiger charge is -2.31. The highest BCUT2D eigenvalue weighted by Gasteiger charge is 2.35. The number of aryl methyl sites for hydroxylation is 1. The quantitative estimate of drug-likeness (QED) is 0.325. The molecule has 0 saturated carbocycles. The van der Waals surface area contributed by atoms with E-state index in [-0.39, 0.29) is 24.8 Å². The van der Waals surface area contributed by atoms with Gasteiger partial charge >= 0.3 is 0 Å². The van der Waals surface area contributed by atoms with Crippen molar-refractivity contribution in [3.8, 4) is 0 Å². The Balaban J connectivity index is 1.50. The average Bonchev–Trinajstić information content (AvgIpc) is 3.13. The van der Waals surface area contributed by atoms with Crippen LogP contribution in [0, 0.1) is 6.92 Å². The van der Waals surface area contributed by atoms with Crippen LogP contribution >= 0.6 is 0 Å². The van der Waals surface area contributed by atoms with Crippen molar-refractivity contribution in [1.82, 2.24) is 10.2 Å². The summed E-state index contributed by atoms with van der Waals surface area (Å²) in [6.45, 7) is 7.08. The molecular weight excluding hydrogens is 498 g/mol. The van der Waals surface area contributed by atoms with Gasteiger partial charge < -0.3 is 10.2 Å². The van der Waals surface area contributed by atoms with Gasteiger partial charge in [-0.15, -0.1) is 0 Å². The Morgan fingerprint density at radius 1 is 0.974 bits per heavy atom. The first-order valence-electron chi connectivity index (χ1n) is 13.4. The van der Waals surface area contributed by atoms with Crippen LogP contribution in [0.25, 0.3) is 10.8 Å². The molecule has 0 bridgehead atoms. The summed E-state index contributed by atoms with van der Waals surface area (Å²) in [5.74, 6) is -0.305. The minimum absolute atomic E-state index is 0.142. The molecule has 0 saturated heterocycles. The third kappa shape index (κ3) is 5.70. The van der Waals surface area contributed by atoms with Crippen molar-refractivity contribution in [2.24, 2.45) is 0 Å². The highest BCUT2D eigenvalue weighted by atomic mass is 32.2. The maximum Gasteiger partial charge on any atom is 0.265 e. The van der Waals surface area contributed by atoms with Gasteiger partial charge in [0.25, 0.3) is 10.0 Å². The topological polar surface area (TPSA) is 86.8 Å². The normalized spacial score (nSPS) is 14.4. The summed E-state index contributed by atoms with van der Waals surface area (Å²) in [6, 6.07) is 18.2. The van der Waals surface area contributed by atoms with Gasteiger partial charge in [-0.3, -0.25) is 13.9 Å². The molecular formula is C30H37N3O4S. The van der Waals surface area contributed by atoms with Crippen LogP contribution < -0.4 is 9.62 Å². The Morgan fingerprint density at radius 3 is 2.37 bits per heavy atom. The van der Waals surface area contributed by atoms with E-state index in [2.05, 4.69) is 12.2 Å². The first-order chi connectivity index (χ1) is 18.3. The molecule has 7 nitrogen and oxygen atoms in total. The number of sulfonamides is 1. The monoisotopic (exact) mass is 535 g/mol. The molecule has 202 valence electrons. The van der Waals surface area contributed by atoms with Crippen LogP contribution in [0.5, 0.6) is 0 Å². The zero-order chi connectivity index (χ0) is 27.3. The van der Waals surface area contributed by atoms with Gasteiger partial charge in [0.05, 0.1) is 10.6 Å². The molecule has 1 aliphatic heterocycles. The Morgan fingerprint density at radius 2 is 1.68 bits per heavy atom. The number of hydrogen-bond acceptors (Lipinski definition) is 4. The maximum absolute atomic E-state index is 13.6. The van der Waals surface area contributed by atoms with Crippen LogP contribution in [-0.4, -0.2) is 44.3 Å². The van der Waals surface area contributed by atoms with Gasteiger partial charge in [-0.1, -0.05) is 74.4 Å². The number of carbonyl (C=O) groups excluding carboxylic acids is 2. The molecule has 0 fully saturated rings. The molecule has 0 aliphatic carbocycles. The highest BCUT2D eigenvalue weighted by Crippen LogP contribution is 2.42. The van der Waals surface area contributed by atoms with Crippen molar-refractivity contribution < 1.29 is 18.0 Å². The van der Waals surface area contributed by atoms with Gasteiger partial charge in [-0.05, 0) is 49.3 Å². The lowest BCUT2D eigenvalue weighted by atomic mass is 10.1. The molecule has 1 heterocycles. The van der Waals surface area contributed by atoms with Crippen molar-refractivity contribution >= 4 is 38.3 Å². The van der Waals surface area contributed by atoms with E-state index in [0.29, 0.717) is 36.5 Å². The van der Waals surface area contributed by atoms with Crippen molar-refractivity contribution in [3.05, 3.63) is 71.8 Å². The molecule has 0 aromatic heterocycles. The Bertz CT molecular complexity index is 1400. The zero-order valence-corrected chi connectivity index (χ0v) is 23.3. The Kier molecular flexibility index (Phi) is 8.72. The van der Waals surface area contributed by atoms with Gasteiger partial charge in [0, 0.05) is 31.4 Å². The molecule has 3 aromatic rings. The number of rotatable bonds is 12. The summed E-state index contributed by atoms with van der Waals surface area (Å²) in [5, 5.41) is 4.59. The lowest BCUT2D eigenvalue weighted by molar-refractivity contribution is -0.141. The number of carbonyl (C=O) groups is 2. The summed E-state index contributed by atoms with van der Waals surface area (Å²) in [6.07, 6.45) is 2.84. The predicted molar refractivity (Wildman–Crippen MR) is 151 cm³/mol. The second-order valence-corrected chi connectivity index (χ2v) is 11.7. The van der Waals surface area contributed by atoms with Gasteiger partial charge in [-0.2, -0.15) is 0 Å². The standard InChI is InChI=1S/C30H37N3O4S/c1-4-6-19-31-30(35)25(5-2)32(21-23-17-15-22(3)16-18-23)28(34)14-9-20-33-26-12-7-10-24-11-8-13-27(29(24)26)38(33,36)37/h7-8,10-13,15-18,25H,4-6,9,14,19-21H2,1-3H3,(H,31,35)/t25-/m1/s1. The number of anilines is 1. The number of amides is 2. The summed E-state index contributed by atoms with van der Waals surface area (Å²) in [4.78, 5) is 28.6. The van der Waals surface area contributed by atoms with E-state index in [0.717, 1.165) is 34.7 Å². The third-order valence-electron chi connectivity index (χ3n) is 7.12. The first-order valence-corrected chi connectivity index (χ1v) is 14.9. The molecule has 8 heteroatoms. The maximum atomic E-state index is 13.6. The summed E-state index contributed by atoms with van der Waals surface area (Å²) < 4.78 is 28.0. The van der Waals surface area contributed by atoms with E-state index < -0.39 is 16.1 Å². The molecule has 0 unspecified atom stereocenters. The fourth-order valence-electron chi connectivity index (χ4n) is 5.03. The van der Waals surface area contributed by atoms with E-state index in [1.807, 2.05) is 62.4 Å². The van der Waals surface area contributed by atoms with E-state index in [1.54, 1.807) is 17.0 Å². The van der Waals surface area contributed by atoms with Crippen LogP contribution in [-0.2, 0) is 26.2 Å². The van der Waals surface area contributed by atoms with Crippen LogP contribution in [0.15, 0.2) is 65.6 Å². The van der Waals surface area contributed by atoms with Crippen LogP contribution in [0.1, 0.15) is 57.1 Å². The molecule has 4 rings (SSSR count). The molecule has 0 spiro atoms. The molecule has 38 heavy (non-hydrogen) atoms. The largest absolute Gasteiger partial charge is 0.354 e. The fourth-order valence-corrected chi connectivity index (χ4v) is 6.78. The Labute approximate surface area is 225 Å². The first kappa shape index (κ1) is 27.6. The number of benzene rings is 3. The summed E-state index contributed by atoms with van der Waals surface area (Å²) >= 11 is 0. The average molecular weight is 536 g/mol. The smallest absolute Gasteiger partial charge is 0.265 e. The van der Waals surface area contributed by atoms with E-state index in [1.165, 1.54) is 4.31 Å². The van der Waals surface area contributed by atoms with Gasteiger partial charge in [0.15, 0.2) is 0 Å². The van der Waals surface area contributed by atoms with Crippen molar-refractivity contribution in [1.29, 1.82) is 0 Å². The number of nitrogens with zero attached hydrogens (tertiary/aromatic N) is 2. The van der Waals surface area contributed by atoms with Gasteiger partial charge in [0.1, 0.15) is 6.04 Å². The number of hydrogen-bond donors (Lipinski definition) is 1. The van der Waals surface area contributed by atoms with E-state index >= 15 is 0 Å². The van der Waals surface area contributed by atoms with Crippen LogP contribution in [0.3, 0.4) is 0 Å². The lowest BCUT2D eigenvalue weighted by Crippen LogP contribution is -2.49. The van der Waals surface area contributed by atoms with Crippen molar-refractivity contribution in [2.75, 3.05) is 17.4 Å². The van der Waals surface area contributed by atoms with E-state index in [4.69, 9.17) is 0 Å². The molecule has 1 aliphatic rings. The van der Waals surface area contributed by atoms with Crippen molar-refractivity contribution in [3.63, 3.8) is 0 Å². The number of unbranched alkanes of at least 4 members (excludes halogenated alkanes) is 1. The van der Waals surface area contributed by atoms with Gasteiger partial charge in [0.2, 0.25) is 11.8 Å². The molecule has 2 amide bonds. The molecule has 0 radical (unpaired) electrons. The zero-order valence-electron chi connectivity index (χ0n) is 22.4. The molecule has 1 atom stereocenters. The second kappa shape index (κ2) is 12.0. The molecule has 3 aromatic carbocycles. The summed E-state index contributed by atoms with van der Waals surface area (Å²) in [7, 11) is -3.67. The van der Waals surface area contributed by atoms with Crippen LogP contribution in [0.2, 0.25) is 0 Å². The highest BCUT2D eigenvalue weighted by molar-refractivity contribution is 7.93. The summed E-state index contributed by atoms with van der Waals surface area (Å²) in [5.41, 5.74) is 2.73. The van der Waals surface area contributed by atoms with Gasteiger partial charge in [-0.25, -0.2) is 8.42 Å². The van der Waals surface area contributed by atoms with E-state index in [9.17, 15) is 18.0 Å². The Hall–Kier alpha value is -3.39. The molecule has 1 N–H and O–H groups in total. The SMILES string of the molecule is CCCCNC(=O)[C@@H](CC)N(Cc1ccc(C)cc1)C(=O)CCCN1c2cccc3cccc(c23)S1(=O)=O. The fraction of sp³-hybridized carbons (Fsp3) is 0.400. The van der Waals surface area contributed by atoms with Crippen molar-refractivity contribution in [2.45, 2.75) is 70.4 Å².